The topological polar surface area (TPSA) is 0 Å². The van der Waals surface area contributed by atoms with Crippen LogP contribution in [-0.2, 0) is 0 Å². The number of hydrogen-bond donors (Lipinski definition) is 0. The highest BCUT2D eigenvalue weighted by Gasteiger charge is 2.14. The van der Waals surface area contributed by atoms with E-state index in [4.69, 9.17) is 0 Å². The summed E-state index contributed by atoms with van der Waals surface area (Å²) in [7, 11) is 0. The molecule has 0 atom stereocenters. The van der Waals surface area contributed by atoms with E-state index < -0.39 is 0 Å². The van der Waals surface area contributed by atoms with Gasteiger partial charge >= 0.3 is 0 Å². The van der Waals surface area contributed by atoms with Crippen LogP contribution >= 0.6 is 34.0 Å². The Morgan fingerprint density at radius 3 is 1.35 bits per heavy atom. The van der Waals surface area contributed by atoms with Crippen LogP contribution in [0.2, 0.25) is 0 Å². The summed E-state index contributed by atoms with van der Waals surface area (Å²) in [6.07, 6.45) is 0. The van der Waals surface area contributed by atoms with Gasteiger partial charge in [0.1, 0.15) is 0 Å². The third-order valence-corrected chi connectivity index (χ3v) is 7.81. The molecule has 5 aromatic rings. The van der Waals surface area contributed by atoms with Crippen LogP contribution in [0.1, 0.15) is 0 Å². The third kappa shape index (κ3) is 2.24. The van der Waals surface area contributed by atoms with Crippen molar-refractivity contribution in [3.63, 3.8) is 0 Å². The molecule has 0 aliphatic heterocycles. The van der Waals surface area contributed by atoms with Gasteiger partial charge in [-0.15, -0.1) is 34.0 Å². The maximum absolute atomic E-state index is 2.34. The van der Waals surface area contributed by atoms with Gasteiger partial charge in [0.15, 0.2) is 0 Å². The van der Waals surface area contributed by atoms with Crippen molar-refractivity contribution in [3.8, 4) is 20.9 Å². The van der Waals surface area contributed by atoms with E-state index in [1.165, 1.54) is 39.7 Å². The lowest BCUT2D eigenvalue weighted by molar-refractivity contribution is 1.70. The SMILES string of the molecule is c1ccc(-c2cc3sc4cc(-c5ccccc5)sc4c3s2)cc1. The Labute approximate surface area is 146 Å². The second kappa shape index (κ2) is 5.31. The van der Waals surface area contributed by atoms with Crippen LogP contribution in [0.15, 0.2) is 72.8 Å². The van der Waals surface area contributed by atoms with Crippen LogP contribution in [0.5, 0.6) is 0 Å². The van der Waals surface area contributed by atoms with Gasteiger partial charge in [0.05, 0.1) is 9.40 Å². The number of rotatable bonds is 2. The van der Waals surface area contributed by atoms with Crippen LogP contribution in [-0.4, -0.2) is 0 Å². The monoisotopic (exact) mass is 348 g/mol. The molecule has 0 amide bonds. The van der Waals surface area contributed by atoms with E-state index in [-0.39, 0.29) is 0 Å². The second-order valence-electron chi connectivity index (χ2n) is 5.44. The fourth-order valence-corrected chi connectivity index (χ4v) is 6.86. The molecule has 0 saturated carbocycles. The Balaban J connectivity index is 1.68. The first kappa shape index (κ1) is 13.5. The molecular formula is C20H12S3. The average Bonchev–Trinajstić information content (AvgIpc) is 3.26. The molecule has 3 heterocycles. The van der Waals surface area contributed by atoms with Gasteiger partial charge in [-0.1, -0.05) is 60.7 Å². The molecular weight excluding hydrogens is 336 g/mol. The summed E-state index contributed by atoms with van der Waals surface area (Å²) in [5.41, 5.74) is 2.63. The van der Waals surface area contributed by atoms with E-state index in [9.17, 15) is 0 Å². The molecule has 0 nitrogen and oxygen atoms in total. The Bertz CT molecular complexity index is 1010. The maximum Gasteiger partial charge on any atom is 0.0636 e. The summed E-state index contributed by atoms with van der Waals surface area (Å²) < 4.78 is 5.71. The highest BCUT2D eigenvalue weighted by molar-refractivity contribution is 7.40. The molecule has 0 radical (unpaired) electrons. The van der Waals surface area contributed by atoms with Gasteiger partial charge in [-0.25, -0.2) is 0 Å². The quantitative estimate of drug-likeness (QED) is 0.309. The van der Waals surface area contributed by atoms with Gasteiger partial charge < -0.3 is 0 Å². The molecule has 3 heteroatoms. The average molecular weight is 349 g/mol. The second-order valence-corrected chi connectivity index (χ2v) is 8.63. The minimum Gasteiger partial charge on any atom is -0.133 e. The molecule has 0 saturated heterocycles. The smallest absolute Gasteiger partial charge is 0.0636 e. The third-order valence-electron chi connectivity index (χ3n) is 3.94. The zero-order valence-corrected chi connectivity index (χ0v) is 14.6. The summed E-state index contributed by atoms with van der Waals surface area (Å²) in [6.45, 7) is 0. The van der Waals surface area contributed by atoms with E-state index >= 15 is 0 Å². The molecule has 0 fully saturated rings. The first-order valence-corrected chi connectivity index (χ1v) is 9.90. The fourth-order valence-electron chi connectivity index (χ4n) is 2.82. The van der Waals surface area contributed by atoms with Crippen molar-refractivity contribution in [2.24, 2.45) is 0 Å². The van der Waals surface area contributed by atoms with Gasteiger partial charge in [-0.05, 0) is 23.3 Å². The van der Waals surface area contributed by atoms with Crippen LogP contribution < -0.4 is 0 Å². The Morgan fingerprint density at radius 2 is 0.913 bits per heavy atom. The largest absolute Gasteiger partial charge is 0.133 e. The van der Waals surface area contributed by atoms with Gasteiger partial charge in [0.25, 0.3) is 0 Å². The van der Waals surface area contributed by atoms with E-state index in [0.717, 1.165) is 0 Å². The molecule has 0 aliphatic carbocycles. The molecule has 110 valence electrons. The predicted octanol–water partition coefficient (Wildman–Crippen LogP) is 7.51. The van der Waals surface area contributed by atoms with Crippen molar-refractivity contribution >= 4 is 52.8 Å². The van der Waals surface area contributed by atoms with E-state index in [1.54, 1.807) is 0 Å². The van der Waals surface area contributed by atoms with Crippen LogP contribution in [0.4, 0.5) is 0 Å². The summed E-state index contributed by atoms with van der Waals surface area (Å²) >= 11 is 5.75. The number of hydrogen-bond acceptors (Lipinski definition) is 3. The van der Waals surface area contributed by atoms with E-state index in [0.29, 0.717) is 0 Å². The Morgan fingerprint density at radius 1 is 0.478 bits per heavy atom. The molecule has 0 bridgehead atoms. The fraction of sp³-hybridized carbons (Fsp3) is 0. The zero-order chi connectivity index (χ0) is 15.2. The normalized spacial score (nSPS) is 11.5. The number of fused-ring (bicyclic) bond motifs is 3. The minimum absolute atomic E-state index is 1.31. The lowest BCUT2D eigenvalue weighted by Crippen LogP contribution is -1.67. The summed E-state index contributed by atoms with van der Waals surface area (Å²) in [6, 6.07) is 26.0. The Hall–Kier alpha value is -1.94. The van der Waals surface area contributed by atoms with E-state index in [1.807, 2.05) is 34.0 Å². The van der Waals surface area contributed by atoms with Crippen molar-refractivity contribution in [1.82, 2.24) is 0 Å². The van der Waals surface area contributed by atoms with Crippen molar-refractivity contribution in [3.05, 3.63) is 72.8 Å². The molecule has 2 aromatic carbocycles. The van der Waals surface area contributed by atoms with Crippen LogP contribution in [0.25, 0.3) is 39.7 Å². The molecule has 0 aliphatic rings. The highest BCUT2D eigenvalue weighted by Crippen LogP contribution is 2.47. The molecule has 0 spiro atoms. The first-order valence-electron chi connectivity index (χ1n) is 7.45. The minimum atomic E-state index is 1.31. The van der Waals surface area contributed by atoms with Crippen molar-refractivity contribution in [2.45, 2.75) is 0 Å². The number of benzene rings is 2. The molecule has 23 heavy (non-hydrogen) atoms. The van der Waals surface area contributed by atoms with Crippen LogP contribution in [0.3, 0.4) is 0 Å². The zero-order valence-electron chi connectivity index (χ0n) is 12.2. The van der Waals surface area contributed by atoms with Gasteiger partial charge in [0, 0.05) is 19.2 Å². The predicted molar refractivity (Wildman–Crippen MR) is 106 cm³/mol. The van der Waals surface area contributed by atoms with Crippen molar-refractivity contribution < 1.29 is 0 Å². The Kier molecular flexibility index (Phi) is 3.11. The van der Waals surface area contributed by atoms with Crippen molar-refractivity contribution in [2.75, 3.05) is 0 Å². The maximum atomic E-state index is 2.34. The molecule has 5 rings (SSSR count). The lowest BCUT2D eigenvalue weighted by atomic mass is 10.2. The summed E-state index contributed by atoms with van der Waals surface area (Å²) in [5.74, 6) is 0. The van der Waals surface area contributed by atoms with Gasteiger partial charge in [-0.2, -0.15) is 0 Å². The highest BCUT2D eigenvalue weighted by atomic mass is 32.1. The molecule has 3 aromatic heterocycles. The summed E-state index contributed by atoms with van der Waals surface area (Å²) in [4.78, 5) is 2.73. The number of thiophene rings is 3. The molecule has 0 unspecified atom stereocenters. The van der Waals surface area contributed by atoms with Crippen molar-refractivity contribution in [1.29, 1.82) is 0 Å². The lowest BCUT2D eigenvalue weighted by Gasteiger charge is -1.94. The van der Waals surface area contributed by atoms with Gasteiger partial charge in [-0.3, -0.25) is 0 Å². The first-order chi connectivity index (χ1) is 11.4. The van der Waals surface area contributed by atoms with Gasteiger partial charge in [0.2, 0.25) is 0 Å². The van der Waals surface area contributed by atoms with E-state index in [2.05, 4.69) is 72.8 Å². The molecule has 0 N–H and O–H groups in total. The standard InChI is InChI=1S/C20H12S3/c1-3-7-13(8-4-1)15-11-17-19(22-15)20-18(21-17)12-16(23-20)14-9-5-2-6-10-14/h1-12H. The summed E-state index contributed by atoms with van der Waals surface area (Å²) in [5, 5.41) is 0. The van der Waals surface area contributed by atoms with Crippen LogP contribution in [0, 0.1) is 0 Å².